The lowest BCUT2D eigenvalue weighted by molar-refractivity contribution is -0.139. The lowest BCUT2D eigenvalue weighted by Gasteiger charge is -2.12. The molecule has 0 heterocycles. The van der Waals surface area contributed by atoms with Crippen LogP contribution in [0.4, 0.5) is 0 Å². The largest absolute Gasteiger partial charge is 0.493 e. The van der Waals surface area contributed by atoms with Gasteiger partial charge >= 0.3 is 11.9 Å². The Hall–Kier alpha value is -4.06. The van der Waals surface area contributed by atoms with Gasteiger partial charge in [-0.25, -0.2) is 9.59 Å². The van der Waals surface area contributed by atoms with Crippen LogP contribution in [0.25, 0.3) is 11.1 Å². The predicted molar refractivity (Wildman–Crippen MR) is 142 cm³/mol. The van der Waals surface area contributed by atoms with Crippen LogP contribution >= 0.6 is 0 Å². The number of esters is 1. The Labute approximate surface area is 213 Å². The normalized spacial score (nSPS) is 9.94. The molecule has 3 aromatic rings. The second-order valence-electron chi connectivity index (χ2n) is 8.08. The number of hydrogen-bond donors (Lipinski definition) is 1. The van der Waals surface area contributed by atoms with Gasteiger partial charge in [-0.1, -0.05) is 61.2 Å². The van der Waals surface area contributed by atoms with Crippen LogP contribution in [0.5, 0.6) is 11.5 Å². The predicted octanol–water partition coefficient (Wildman–Crippen LogP) is 6.81. The molecule has 190 valence electrons. The van der Waals surface area contributed by atoms with Crippen molar-refractivity contribution in [1.82, 2.24) is 0 Å². The van der Waals surface area contributed by atoms with E-state index in [1.807, 2.05) is 36.4 Å². The molecule has 0 aliphatic heterocycles. The number of rotatable bonds is 12. The Morgan fingerprint density at radius 3 is 1.94 bits per heavy atom. The SMILES string of the molecule is C=C(C)C(=O)OCCCCCCOc1ccc(-c2ccccc2)cc1OC.O=C(O)c1ccccc1. The first kappa shape index (κ1) is 28.2. The van der Waals surface area contributed by atoms with Crippen LogP contribution in [-0.2, 0) is 9.53 Å². The van der Waals surface area contributed by atoms with E-state index in [-0.39, 0.29) is 5.97 Å². The molecule has 3 aromatic carbocycles. The zero-order chi connectivity index (χ0) is 26.2. The van der Waals surface area contributed by atoms with E-state index in [1.54, 1.807) is 44.4 Å². The molecule has 0 saturated carbocycles. The number of hydrogen-bond acceptors (Lipinski definition) is 5. The van der Waals surface area contributed by atoms with Gasteiger partial charge in [-0.05, 0) is 68.0 Å². The van der Waals surface area contributed by atoms with Crippen molar-refractivity contribution >= 4 is 11.9 Å². The number of carbonyl (C=O) groups is 2. The zero-order valence-corrected chi connectivity index (χ0v) is 20.9. The summed E-state index contributed by atoms with van der Waals surface area (Å²) in [6.07, 6.45) is 3.82. The summed E-state index contributed by atoms with van der Waals surface area (Å²) < 4.78 is 16.4. The summed E-state index contributed by atoms with van der Waals surface area (Å²) in [5.41, 5.74) is 3.02. The van der Waals surface area contributed by atoms with Crippen LogP contribution in [0, 0.1) is 0 Å². The second kappa shape index (κ2) is 15.8. The number of ether oxygens (including phenoxy) is 3. The van der Waals surface area contributed by atoms with E-state index in [2.05, 4.69) is 18.7 Å². The molecular formula is C30H34O6. The highest BCUT2D eigenvalue weighted by atomic mass is 16.5. The zero-order valence-electron chi connectivity index (χ0n) is 20.9. The third-order valence-corrected chi connectivity index (χ3v) is 5.17. The molecule has 0 fully saturated rings. The fourth-order valence-corrected chi connectivity index (χ4v) is 3.21. The molecule has 0 bridgehead atoms. The van der Waals surface area contributed by atoms with Crippen molar-refractivity contribution in [2.24, 2.45) is 0 Å². The van der Waals surface area contributed by atoms with E-state index < -0.39 is 5.97 Å². The van der Waals surface area contributed by atoms with Gasteiger partial charge in [-0.15, -0.1) is 0 Å². The summed E-state index contributed by atoms with van der Waals surface area (Å²) >= 11 is 0. The Balaban J connectivity index is 0.000000425. The number of carboxylic acid groups (broad SMARTS) is 1. The van der Waals surface area contributed by atoms with Crippen molar-refractivity contribution in [1.29, 1.82) is 0 Å². The maximum Gasteiger partial charge on any atom is 0.335 e. The number of methoxy groups -OCH3 is 1. The lowest BCUT2D eigenvalue weighted by Crippen LogP contribution is -2.06. The highest BCUT2D eigenvalue weighted by Crippen LogP contribution is 2.32. The van der Waals surface area contributed by atoms with E-state index >= 15 is 0 Å². The first-order valence-corrected chi connectivity index (χ1v) is 11.9. The summed E-state index contributed by atoms with van der Waals surface area (Å²) in [7, 11) is 1.66. The molecule has 0 amide bonds. The van der Waals surface area contributed by atoms with E-state index in [1.165, 1.54) is 0 Å². The van der Waals surface area contributed by atoms with Crippen molar-refractivity contribution in [2.75, 3.05) is 20.3 Å². The van der Waals surface area contributed by atoms with E-state index in [9.17, 15) is 9.59 Å². The minimum atomic E-state index is -0.879. The minimum Gasteiger partial charge on any atom is -0.493 e. The standard InChI is InChI=1S/C23H28O4.C7H6O2/c1-18(2)23(24)27-16-10-5-4-9-15-26-21-14-13-20(17-22(21)25-3)19-11-7-6-8-12-19;8-7(9)6-4-2-1-3-5-6/h6-8,11-14,17H,1,4-5,9-10,15-16H2,2-3H3;1-5H,(H,8,9). The fraction of sp³-hybridized carbons (Fsp3) is 0.267. The maximum absolute atomic E-state index is 11.3. The van der Waals surface area contributed by atoms with Crippen molar-refractivity contribution in [3.8, 4) is 22.6 Å². The van der Waals surface area contributed by atoms with E-state index in [0.717, 1.165) is 48.3 Å². The summed E-state index contributed by atoms with van der Waals surface area (Å²) in [5, 5.41) is 8.38. The number of unbranched alkanes of at least 4 members (excludes halogenated alkanes) is 3. The third kappa shape index (κ3) is 10.1. The summed E-state index contributed by atoms with van der Waals surface area (Å²) in [4.78, 5) is 21.5. The molecule has 36 heavy (non-hydrogen) atoms. The lowest BCUT2D eigenvalue weighted by atomic mass is 10.1. The van der Waals surface area contributed by atoms with Crippen molar-refractivity contribution in [3.63, 3.8) is 0 Å². The molecule has 0 aliphatic carbocycles. The molecule has 1 N–H and O–H groups in total. The van der Waals surface area contributed by atoms with E-state index in [0.29, 0.717) is 24.4 Å². The van der Waals surface area contributed by atoms with Gasteiger partial charge in [0, 0.05) is 5.57 Å². The molecule has 0 unspecified atom stereocenters. The molecule has 0 saturated heterocycles. The Bertz CT molecular complexity index is 1090. The van der Waals surface area contributed by atoms with Crippen LogP contribution in [0.2, 0.25) is 0 Å². The van der Waals surface area contributed by atoms with Crippen LogP contribution in [0.1, 0.15) is 43.0 Å². The van der Waals surface area contributed by atoms with Crippen molar-refractivity contribution in [3.05, 3.63) is 96.6 Å². The highest BCUT2D eigenvalue weighted by Gasteiger charge is 2.07. The monoisotopic (exact) mass is 490 g/mol. The smallest absolute Gasteiger partial charge is 0.335 e. The molecule has 6 nitrogen and oxygen atoms in total. The summed E-state index contributed by atoms with van der Waals surface area (Å²) in [5.74, 6) is 0.301. The molecule has 0 spiro atoms. The average molecular weight is 491 g/mol. The van der Waals surface area contributed by atoms with Crippen LogP contribution in [0.15, 0.2) is 91.0 Å². The quantitative estimate of drug-likeness (QED) is 0.171. The molecule has 6 heteroatoms. The number of benzene rings is 3. The molecule has 3 rings (SSSR count). The number of aromatic carboxylic acids is 1. The fourth-order valence-electron chi connectivity index (χ4n) is 3.21. The van der Waals surface area contributed by atoms with E-state index in [4.69, 9.17) is 19.3 Å². The van der Waals surface area contributed by atoms with Gasteiger partial charge in [0.05, 0.1) is 25.9 Å². The number of carboxylic acids is 1. The van der Waals surface area contributed by atoms with Crippen molar-refractivity contribution in [2.45, 2.75) is 32.6 Å². The van der Waals surface area contributed by atoms with Crippen LogP contribution < -0.4 is 9.47 Å². The highest BCUT2D eigenvalue weighted by molar-refractivity contribution is 5.87. The van der Waals surface area contributed by atoms with Gasteiger partial charge in [0.2, 0.25) is 0 Å². The first-order chi connectivity index (χ1) is 17.4. The van der Waals surface area contributed by atoms with Crippen molar-refractivity contribution < 1.29 is 28.9 Å². The summed E-state index contributed by atoms with van der Waals surface area (Å²) in [6.45, 7) is 6.29. The minimum absolute atomic E-state index is 0.315. The van der Waals surface area contributed by atoms with Crippen LogP contribution in [0.3, 0.4) is 0 Å². The Morgan fingerprint density at radius 2 is 1.39 bits per heavy atom. The molecule has 0 aromatic heterocycles. The van der Waals surface area contributed by atoms with Gasteiger partial charge in [-0.2, -0.15) is 0 Å². The molecule has 0 atom stereocenters. The average Bonchev–Trinajstić information content (AvgIpc) is 2.91. The first-order valence-electron chi connectivity index (χ1n) is 11.9. The molecule has 0 radical (unpaired) electrons. The van der Waals surface area contributed by atoms with Gasteiger partial charge in [0.15, 0.2) is 11.5 Å². The number of carbonyl (C=O) groups excluding carboxylic acids is 1. The maximum atomic E-state index is 11.3. The molecular weight excluding hydrogens is 456 g/mol. The summed E-state index contributed by atoms with van der Waals surface area (Å²) in [6, 6.07) is 24.5. The van der Waals surface area contributed by atoms with Gasteiger partial charge in [-0.3, -0.25) is 0 Å². The van der Waals surface area contributed by atoms with Gasteiger partial charge in [0.25, 0.3) is 0 Å². The Morgan fingerprint density at radius 1 is 0.778 bits per heavy atom. The van der Waals surface area contributed by atoms with Crippen LogP contribution in [-0.4, -0.2) is 37.4 Å². The second-order valence-corrected chi connectivity index (χ2v) is 8.08. The van der Waals surface area contributed by atoms with Gasteiger partial charge < -0.3 is 19.3 Å². The third-order valence-electron chi connectivity index (χ3n) is 5.17. The van der Waals surface area contributed by atoms with Gasteiger partial charge in [0.1, 0.15) is 0 Å². The Kier molecular flexibility index (Phi) is 12.3. The topological polar surface area (TPSA) is 82.1 Å². The molecule has 0 aliphatic rings.